The number of hydrogen-bond donors (Lipinski definition) is 0. The molecule has 0 atom stereocenters. The number of hydrogen-bond acceptors (Lipinski definition) is 5. The van der Waals surface area contributed by atoms with Crippen LogP contribution in [0.15, 0.2) is 49.3 Å². The van der Waals surface area contributed by atoms with Crippen molar-refractivity contribution < 1.29 is 13.9 Å². The molecule has 0 radical (unpaired) electrons. The van der Waals surface area contributed by atoms with Gasteiger partial charge >= 0.3 is 0 Å². The molecule has 0 unspecified atom stereocenters. The Balaban J connectivity index is 1.79. The molecule has 0 spiro atoms. The lowest BCUT2D eigenvalue weighted by atomic mass is 9.96. The predicted molar refractivity (Wildman–Crippen MR) is 111 cm³/mol. The normalized spacial score (nSPS) is 14.7. The second-order valence-electron chi connectivity index (χ2n) is 7.77. The zero-order chi connectivity index (χ0) is 21.6. The summed E-state index contributed by atoms with van der Waals surface area (Å²) in [7, 11) is 1.58. The van der Waals surface area contributed by atoms with Crippen molar-refractivity contribution in [3.63, 3.8) is 0 Å². The second-order valence-corrected chi connectivity index (χ2v) is 7.77. The van der Waals surface area contributed by atoms with Gasteiger partial charge in [0.2, 0.25) is 0 Å². The fourth-order valence-electron chi connectivity index (χ4n) is 3.85. The molecule has 1 amide bonds. The van der Waals surface area contributed by atoms with E-state index in [0.29, 0.717) is 28.4 Å². The van der Waals surface area contributed by atoms with E-state index in [4.69, 9.17) is 9.72 Å². The predicted octanol–water partition coefficient (Wildman–Crippen LogP) is 4.04. The minimum absolute atomic E-state index is 0.0559. The van der Waals surface area contributed by atoms with Crippen LogP contribution in [-0.2, 0) is 12.1 Å². The van der Waals surface area contributed by atoms with Crippen LogP contribution in [0, 0.1) is 6.92 Å². The Morgan fingerprint density at radius 3 is 2.73 bits per heavy atom. The van der Waals surface area contributed by atoms with Crippen molar-refractivity contribution >= 4 is 11.6 Å². The highest BCUT2D eigenvalue weighted by Crippen LogP contribution is 2.43. The zero-order valence-corrected chi connectivity index (χ0v) is 17.3. The van der Waals surface area contributed by atoms with Crippen molar-refractivity contribution in [1.29, 1.82) is 0 Å². The van der Waals surface area contributed by atoms with Crippen molar-refractivity contribution in [3.8, 4) is 17.0 Å². The van der Waals surface area contributed by atoms with E-state index >= 15 is 0 Å². The van der Waals surface area contributed by atoms with E-state index in [1.165, 1.54) is 4.68 Å². The van der Waals surface area contributed by atoms with Gasteiger partial charge in [-0.2, -0.15) is 5.10 Å². The van der Waals surface area contributed by atoms with Crippen LogP contribution in [0.1, 0.15) is 35.5 Å². The molecular formula is C22H22FN5O2. The van der Waals surface area contributed by atoms with E-state index in [0.717, 1.165) is 11.1 Å². The van der Waals surface area contributed by atoms with Gasteiger partial charge in [0.25, 0.3) is 5.91 Å². The summed E-state index contributed by atoms with van der Waals surface area (Å²) in [5, 5.41) is 4.15. The van der Waals surface area contributed by atoms with Crippen molar-refractivity contribution in [3.05, 3.63) is 66.1 Å². The van der Waals surface area contributed by atoms with Gasteiger partial charge in [-0.15, -0.1) is 0 Å². The highest BCUT2D eigenvalue weighted by Gasteiger charge is 2.47. The van der Waals surface area contributed by atoms with Crippen LogP contribution in [-0.4, -0.2) is 32.8 Å². The van der Waals surface area contributed by atoms with Crippen LogP contribution in [0.4, 0.5) is 10.1 Å². The number of carbonyl (C=O) groups is 1. The Morgan fingerprint density at radius 2 is 2.03 bits per heavy atom. The Hall–Kier alpha value is -3.55. The Morgan fingerprint density at radius 1 is 1.27 bits per heavy atom. The van der Waals surface area contributed by atoms with E-state index in [1.807, 2.05) is 32.9 Å². The molecule has 1 aliphatic heterocycles. The molecule has 0 saturated carbocycles. The van der Waals surface area contributed by atoms with Crippen molar-refractivity contribution in [1.82, 2.24) is 19.7 Å². The van der Waals surface area contributed by atoms with E-state index in [2.05, 4.69) is 16.7 Å². The number of pyridine rings is 2. The summed E-state index contributed by atoms with van der Waals surface area (Å²) < 4.78 is 19.9. The first-order chi connectivity index (χ1) is 14.2. The number of halogens is 1. The molecule has 8 heteroatoms. The fraction of sp³-hybridized carbons (Fsp3) is 0.273. The lowest BCUT2D eigenvalue weighted by molar-refractivity contribution is 0.0981. The number of allylic oxidation sites excluding steroid dienone is 1. The molecule has 3 aromatic rings. The third kappa shape index (κ3) is 3.14. The average molecular weight is 407 g/mol. The first-order valence-corrected chi connectivity index (χ1v) is 9.44. The van der Waals surface area contributed by atoms with Crippen LogP contribution in [0.25, 0.3) is 11.3 Å². The number of aryl methyl sites for hydroxylation is 1. The number of ether oxygens (including phenoxy) is 1. The molecule has 0 fully saturated rings. The first-order valence-electron chi connectivity index (χ1n) is 9.44. The maximum Gasteiger partial charge on any atom is 0.261 e. The molecule has 0 aliphatic carbocycles. The van der Waals surface area contributed by atoms with Crippen molar-refractivity contribution in [2.24, 2.45) is 0 Å². The monoisotopic (exact) mass is 407 g/mol. The van der Waals surface area contributed by atoms with Gasteiger partial charge < -0.3 is 4.74 Å². The topological polar surface area (TPSA) is 73.1 Å². The molecule has 0 N–H and O–H groups in total. The molecule has 154 valence electrons. The van der Waals surface area contributed by atoms with Crippen molar-refractivity contribution in [2.75, 3.05) is 12.0 Å². The third-order valence-electron chi connectivity index (χ3n) is 5.23. The molecule has 4 heterocycles. The van der Waals surface area contributed by atoms with Gasteiger partial charge in [-0.1, -0.05) is 6.58 Å². The smallest absolute Gasteiger partial charge is 0.261 e. The highest BCUT2D eigenvalue weighted by molar-refractivity contribution is 6.12. The maximum absolute atomic E-state index is 13.3. The summed E-state index contributed by atoms with van der Waals surface area (Å²) in [5.74, 6) is -0.0331. The second kappa shape index (κ2) is 7.05. The van der Waals surface area contributed by atoms with Gasteiger partial charge in [-0.3, -0.25) is 19.4 Å². The van der Waals surface area contributed by atoms with Gasteiger partial charge in [-0.05, 0) is 38.5 Å². The summed E-state index contributed by atoms with van der Waals surface area (Å²) in [4.78, 5) is 24.0. The molecule has 0 bridgehead atoms. The largest absolute Gasteiger partial charge is 0.495 e. The minimum Gasteiger partial charge on any atom is -0.495 e. The number of amides is 1. The van der Waals surface area contributed by atoms with Gasteiger partial charge in [0.05, 0.1) is 54.2 Å². The third-order valence-corrected chi connectivity index (χ3v) is 5.23. The molecule has 7 nitrogen and oxygen atoms in total. The minimum atomic E-state index is -0.722. The lowest BCUT2D eigenvalue weighted by Gasteiger charge is -2.30. The van der Waals surface area contributed by atoms with Crippen molar-refractivity contribution in [2.45, 2.75) is 32.9 Å². The van der Waals surface area contributed by atoms with E-state index in [1.54, 1.807) is 36.8 Å². The summed E-state index contributed by atoms with van der Waals surface area (Å²) in [5.41, 5.74) is 3.44. The molecule has 0 aromatic carbocycles. The standard InChI is InChI=1S/C22H22FN5O2/c1-13-6-18(15-7-17(30-5)10-24-8-15)26-20-19(13)21(29)28(22(20,3)4)16-9-25-27(12-16)11-14(2)23/h6-10,12H,2,11H2,1,3-5H3. The Kier molecular flexibility index (Phi) is 4.64. The zero-order valence-electron chi connectivity index (χ0n) is 17.3. The highest BCUT2D eigenvalue weighted by atomic mass is 19.1. The SMILES string of the molecule is C=C(F)Cn1cc(N2C(=O)c3c(C)cc(-c4cncc(OC)c4)nc3C2(C)C)cn1. The fourth-order valence-corrected chi connectivity index (χ4v) is 3.85. The average Bonchev–Trinajstić information content (AvgIpc) is 3.21. The molecule has 4 rings (SSSR count). The number of nitrogens with zero attached hydrogens (tertiary/aromatic N) is 5. The van der Waals surface area contributed by atoms with Crippen LogP contribution >= 0.6 is 0 Å². The van der Waals surface area contributed by atoms with E-state index < -0.39 is 11.4 Å². The quantitative estimate of drug-likeness (QED) is 0.638. The number of fused-ring (bicyclic) bond motifs is 1. The van der Waals surface area contributed by atoms with Gasteiger partial charge in [-0.25, -0.2) is 9.37 Å². The van der Waals surface area contributed by atoms with E-state index in [9.17, 15) is 9.18 Å². The Bertz CT molecular complexity index is 1170. The molecular weight excluding hydrogens is 385 g/mol. The van der Waals surface area contributed by atoms with Crippen LogP contribution in [0.3, 0.4) is 0 Å². The molecule has 3 aromatic heterocycles. The summed E-state index contributed by atoms with van der Waals surface area (Å²) in [6.45, 7) is 8.97. The van der Waals surface area contributed by atoms with E-state index in [-0.39, 0.29) is 12.5 Å². The summed E-state index contributed by atoms with van der Waals surface area (Å²) in [6.07, 6.45) is 6.53. The Labute approximate surface area is 173 Å². The molecule has 0 saturated heterocycles. The van der Waals surface area contributed by atoms with Gasteiger partial charge in [0.1, 0.15) is 11.6 Å². The number of anilines is 1. The summed E-state index contributed by atoms with van der Waals surface area (Å²) >= 11 is 0. The van der Waals surface area contributed by atoms with Crippen LogP contribution < -0.4 is 9.64 Å². The molecule has 30 heavy (non-hydrogen) atoms. The van der Waals surface area contributed by atoms with Crippen LogP contribution in [0.2, 0.25) is 0 Å². The number of carbonyl (C=O) groups excluding carboxylic acids is 1. The number of methoxy groups -OCH3 is 1. The lowest BCUT2D eigenvalue weighted by Crippen LogP contribution is -2.39. The van der Waals surface area contributed by atoms with Gasteiger partial charge in [0, 0.05) is 18.0 Å². The van der Waals surface area contributed by atoms with Crippen LogP contribution in [0.5, 0.6) is 5.75 Å². The summed E-state index contributed by atoms with van der Waals surface area (Å²) in [6, 6.07) is 3.74. The number of rotatable bonds is 5. The number of aromatic nitrogens is 4. The first kappa shape index (κ1) is 19.8. The molecule has 1 aliphatic rings. The maximum atomic E-state index is 13.3. The van der Waals surface area contributed by atoms with Gasteiger partial charge in [0.15, 0.2) is 0 Å².